The molecule has 31 heavy (non-hydrogen) atoms. The molecule has 4 rings (SSSR count). The topological polar surface area (TPSA) is 82.2 Å². The van der Waals surface area contributed by atoms with Crippen LogP contribution in [0.25, 0.3) is 0 Å². The minimum atomic E-state index is -0.130. The summed E-state index contributed by atoms with van der Waals surface area (Å²) in [6.07, 6.45) is 3.69. The molecule has 0 atom stereocenters. The van der Waals surface area contributed by atoms with Gasteiger partial charge in [0.1, 0.15) is 18.1 Å². The molecule has 7 nitrogen and oxygen atoms in total. The maximum atomic E-state index is 12.5. The SMILES string of the molecule is Cc1noc(C)c1COc1ccc(C(=O)NCc2cccc(Cn3cccn3)c2)cc1. The summed E-state index contributed by atoms with van der Waals surface area (Å²) in [4.78, 5) is 12.5. The Morgan fingerprint density at radius 1 is 1.10 bits per heavy atom. The molecule has 0 fully saturated rings. The number of benzene rings is 2. The molecule has 2 aromatic carbocycles. The number of carbonyl (C=O) groups is 1. The Morgan fingerprint density at radius 2 is 1.90 bits per heavy atom. The van der Waals surface area contributed by atoms with Gasteiger partial charge in [0.25, 0.3) is 5.91 Å². The molecule has 0 spiro atoms. The van der Waals surface area contributed by atoms with Gasteiger partial charge in [0.05, 0.1) is 17.8 Å². The van der Waals surface area contributed by atoms with Gasteiger partial charge < -0.3 is 14.6 Å². The summed E-state index contributed by atoms with van der Waals surface area (Å²) < 4.78 is 12.8. The van der Waals surface area contributed by atoms with E-state index in [2.05, 4.69) is 21.6 Å². The van der Waals surface area contributed by atoms with Gasteiger partial charge in [0.15, 0.2) is 0 Å². The van der Waals surface area contributed by atoms with Crippen LogP contribution in [0.2, 0.25) is 0 Å². The average molecular weight is 416 g/mol. The van der Waals surface area contributed by atoms with Crippen molar-refractivity contribution in [3.05, 3.63) is 101 Å². The van der Waals surface area contributed by atoms with Crippen LogP contribution in [0.15, 0.2) is 71.5 Å². The standard InChI is InChI=1S/C24H24N4O3/c1-17-23(18(2)31-27-17)16-30-22-9-7-21(8-10-22)24(29)25-14-19-5-3-6-20(13-19)15-28-12-4-11-26-28/h3-13H,14-16H2,1-2H3,(H,25,29). The fourth-order valence-electron chi connectivity index (χ4n) is 3.27. The molecule has 1 N–H and O–H groups in total. The van der Waals surface area contributed by atoms with Crippen molar-refractivity contribution in [2.24, 2.45) is 0 Å². The van der Waals surface area contributed by atoms with E-state index in [0.29, 0.717) is 31.0 Å². The van der Waals surface area contributed by atoms with Crippen LogP contribution in [-0.4, -0.2) is 20.8 Å². The Bertz CT molecular complexity index is 1130. The minimum Gasteiger partial charge on any atom is -0.489 e. The van der Waals surface area contributed by atoms with Gasteiger partial charge in [0, 0.05) is 24.5 Å². The molecule has 0 radical (unpaired) electrons. The zero-order valence-electron chi connectivity index (χ0n) is 17.5. The molecule has 158 valence electrons. The Morgan fingerprint density at radius 3 is 2.61 bits per heavy atom. The summed E-state index contributed by atoms with van der Waals surface area (Å²) in [7, 11) is 0. The van der Waals surface area contributed by atoms with Crippen molar-refractivity contribution in [2.75, 3.05) is 0 Å². The molecule has 0 aliphatic heterocycles. The number of nitrogens with one attached hydrogen (secondary N) is 1. The number of rotatable bonds is 8. The molecule has 7 heteroatoms. The predicted molar refractivity (Wildman–Crippen MR) is 116 cm³/mol. The largest absolute Gasteiger partial charge is 0.489 e. The molecule has 0 saturated carbocycles. The predicted octanol–water partition coefficient (Wildman–Crippen LogP) is 4.05. The van der Waals surface area contributed by atoms with Crippen molar-refractivity contribution in [2.45, 2.75) is 33.5 Å². The quantitative estimate of drug-likeness (QED) is 0.469. The molecule has 0 aliphatic carbocycles. The number of nitrogens with zero attached hydrogens (tertiary/aromatic N) is 3. The highest BCUT2D eigenvalue weighted by atomic mass is 16.5. The van der Waals surface area contributed by atoms with E-state index < -0.39 is 0 Å². The van der Waals surface area contributed by atoms with Gasteiger partial charge in [-0.05, 0) is 55.3 Å². The number of carbonyl (C=O) groups excluding carboxylic acids is 1. The first-order valence-electron chi connectivity index (χ1n) is 10.1. The van der Waals surface area contributed by atoms with Gasteiger partial charge in [-0.3, -0.25) is 9.48 Å². The molecule has 4 aromatic rings. The zero-order valence-corrected chi connectivity index (χ0v) is 17.5. The summed E-state index contributed by atoms with van der Waals surface area (Å²) in [6.45, 7) is 5.27. The molecule has 2 aromatic heterocycles. The van der Waals surface area contributed by atoms with Crippen LogP contribution in [0.3, 0.4) is 0 Å². The molecular formula is C24H24N4O3. The van der Waals surface area contributed by atoms with E-state index in [0.717, 1.165) is 28.1 Å². The fraction of sp³-hybridized carbons (Fsp3) is 0.208. The molecule has 0 saturated heterocycles. The lowest BCUT2D eigenvalue weighted by molar-refractivity contribution is 0.0951. The van der Waals surface area contributed by atoms with Crippen molar-refractivity contribution in [3.8, 4) is 5.75 Å². The van der Waals surface area contributed by atoms with Gasteiger partial charge in [-0.2, -0.15) is 5.10 Å². The third-order valence-corrected chi connectivity index (χ3v) is 5.03. The van der Waals surface area contributed by atoms with Gasteiger partial charge in [-0.25, -0.2) is 0 Å². The highest BCUT2D eigenvalue weighted by Gasteiger charge is 2.10. The van der Waals surface area contributed by atoms with Crippen molar-refractivity contribution >= 4 is 5.91 Å². The number of aryl methyl sites for hydroxylation is 2. The van der Waals surface area contributed by atoms with E-state index >= 15 is 0 Å². The van der Waals surface area contributed by atoms with Crippen LogP contribution in [0.4, 0.5) is 0 Å². The Hall–Kier alpha value is -3.87. The number of aromatic nitrogens is 3. The lowest BCUT2D eigenvalue weighted by Gasteiger charge is -2.09. The smallest absolute Gasteiger partial charge is 0.251 e. The maximum Gasteiger partial charge on any atom is 0.251 e. The van der Waals surface area contributed by atoms with Gasteiger partial charge in [0.2, 0.25) is 0 Å². The highest BCUT2D eigenvalue weighted by Crippen LogP contribution is 2.18. The number of hydrogen-bond donors (Lipinski definition) is 1. The van der Waals surface area contributed by atoms with Crippen LogP contribution in [-0.2, 0) is 19.7 Å². The first-order valence-corrected chi connectivity index (χ1v) is 10.1. The number of hydrogen-bond acceptors (Lipinski definition) is 5. The van der Waals surface area contributed by atoms with Crippen molar-refractivity contribution in [1.82, 2.24) is 20.3 Å². The summed E-state index contributed by atoms with van der Waals surface area (Å²) in [5, 5.41) is 11.1. The van der Waals surface area contributed by atoms with E-state index in [1.165, 1.54) is 0 Å². The van der Waals surface area contributed by atoms with E-state index in [4.69, 9.17) is 9.26 Å². The Labute approximate surface area is 180 Å². The second-order valence-corrected chi connectivity index (χ2v) is 7.32. The van der Waals surface area contributed by atoms with E-state index in [-0.39, 0.29) is 5.91 Å². The first kappa shape index (κ1) is 20.4. The fourth-order valence-corrected chi connectivity index (χ4v) is 3.27. The van der Waals surface area contributed by atoms with E-state index in [1.54, 1.807) is 30.5 Å². The normalized spacial score (nSPS) is 10.8. The van der Waals surface area contributed by atoms with Crippen molar-refractivity contribution < 1.29 is 14.1 Å². The van der Waals surface area contributed by atoms with E-state index in [1.807, 2.05) is 49.0 Å². The first-order chi connectivity index (χ1) is 15.1. The molecule has 2 heterocycles. The summed E-state index contributed by atoms with van der Waals surface area (Å²) in [5.41, 5.74) is 4.52. The third kappa shape index (κ3) is 5.19. The second kappa shape index (κ2) is 9.30. The lowest BCUT2D eigenvalue weighted by Crippen LogP contribution is -2.22. The van der Waals surface area contributed by atoms with Crippen LogP contribution in [0, 0.1) is 13.8 Å². The number of amides is 1. The van der Waals surface area contributed by atoms with E-state index in [9.17, 15) is 4.79 Å². The van der Waals surface area contributed by atoms with Crippen LogP contribution < -0.4 is 10.1 Å². The molecule has 0 bridgehead atoms. The van der Waals surface area contributed by atoms with Crippen LogP contribution in [0.1, 0.15) is 38.5 Å². The summed E-state index contributed by atoms with van der Waals surface area (Å²) in [5.74, 6) is 1.31. The van der Waals surface area contributed by atoms with Crippen LogP contribution >= 0.6 is 0 Å². The number of ether oxygens (including phenoxy) is 1. The Kier molecular flexibility index (Phi) is 6.12. The molecular weight excluding hydrogens is 392 g/mol. The molecule has 0 aliphatic rings. The average Bonchev–Trinajstić information content (AvgIpc) is 3.41. The monoisotopic (exact) mass is 416 g/mol. The van der Waals surface area contributed by atoms with Gasteiger partial charge in [-0.15, -0.1) is 0 Å². The third-order valence-electron chi connectivity index (χ3n) is 5.03. The maximum absolute atomic E-state index is 12.5. The minimum absolute atomic E-state index is 0.130. The molecule has 1 amide bonds. The summed E-state index contributed by atoms with van der Waals surface area (Å²) >= 11 is 0. The second-order valence-electron chi connectivity index (χ2n) is 7.32. The van der Waals surface area contributed by atoms with Crippen molar-refractivity contribution in [1.29, 1.82) is 0 Å². The molecule has 0 unspecified atom stereocenters. The lowest BCUT2D eigenvalue weighted by atomic mass is 10.1. The van der Waals surface area contributed by atoms with Gasteiger partial charge >= 0.3 is 0 Å². The zero-order chi connectivity index (χ0) is 21.6. The van der Waals surface area contributed by atoms with Crippen LogP contribution in [0.5, 0.6) is 5.75 Å². The van der Waals surface area contributed by atoms with Crippen molar-refractivity contribution in [3.63, 3.8) is 0 Å². The highest BCUT2D eigenvalue weighted by molar-refractivity contribution is 5.94. The van der Waals surface area contributed by atoms with Gasteiger partial charge in [-0.1, -0.05) is 29.4 Å². The Balaban J connectivity index is 1.31. The summed E-state index contributed by atoms with van der Waals surface area (Å²) in [6, 6.07) is 17.1.